The summed E-state index contributed by atoms with van der Waals surface area (Å²) in [5.74, 6) is 0.318. The molecule has 1 rings (SSSR count). The van der Waals surface area contributed by atoms with Crippen molar-refractivity contribution in [1.82, 2.24) is 4.90 Å². The van der Waals surface area contributed by atoms with E-state index in [2.05, 4.69) is 6.07 Å². The van der Waals surface area contributed by atoms with Crippen molar-refractivity contribution in [2.24, 2.45) is 5.92 Å². The molecule has 0 saturated heterocycles. The first-order valence-electron chi connectivity index (χ1n) is 5.58. The van der Waals surface area contributed by atoms with Crippen LogP contribution in [-0.2, 0) is 0 Å². The smallest absolute Gasteiger partial charge is 0.410 e. The second-order valence-electron chi connectivity index (χ2n) is 3.75. The maximum absolute atomic E-state index is 11.8. The Morgan fingerprint density at radius 3 is 2.65 bits per heavy atom. The van der Waals surface area contributed by atoms with Crippen molar-refractivity contribution in [1.29, 1.82) is 5.26 Å². The largest absolute Gasteiger partial charge is 0.415 e. The Bertz CT molecular complexity index is 398. The summed E-state index contributed by atoms with van der Waals surface area (Å²) in [6.07, 6.45) is -0.416. The van der Waals surface area contributed by atoms with Gasteiger partial charge in [0.1, 0.15) is 5.75 Å². The van der Waals surface area contributed by atoms with Crippen LogP contribution in [0.3, 0.4) is 0 Å². The highest BCUT2D eigenvalue weighted by atomic mass is 16.6. The van der Waals surface area contributed by atoms with Gasteiger partial charge >= 0.3 is 6.09 Å². The van der Waals surface area contributed by atoms with Gasteiger partial charge in [-0.2, -0.15) is 5.26 Å². The van der Waals surface area contributed by atoms with E-state index < -0.39 is 6.09 Å². The fourth-order valence-corrected chi connectivity index (χ4v) is 1.36. The van der Waals surface area contributed by atoms with E-state index in [1.165, 1.54) is 4.90 Å². The predicted molar refractivity (Wildman–Crippen MR) is 64.5 cm³/mol. The van der Waals surface area contributed by atoms with Crippen molar-refractivity contribution in [2.45, 2.75) is 13.8 Å². The minimum atomic E-state index is -0.416. The highest BCUT2D eigenvalue weighted by Crippen LogP contribution is 2.11. The zero-order valence-corrected chi connectivity index (χ0v) is 10.1. The standard InChI is InChI=1S/C13H16N2O2/c1-3-15(10-11(2)9-14)13(16)17-12-7-5-4-6-8-12/h4-8,11H,3,10H2,1-2H3. The second-order valence-corrected chi connectivity index (χ2v) is 3.75. The average molecular weight is 232 g/mol. The van der Waals surface area contributed by atoms with Crippen molar-refractivity contribution in [3.05, 3.63) is 30.3 Å². The van der Waals surface area contributed by atoms with E-state index in [4.69, 9.17) is 10.00 Å². The number of ether oxygens (including phenoxy) is 1. The molecule has 90 valence electrons. The molecule has 1 amide bonds. The number of para-hydroxylation sites is 1. The van der Waals surface area contributed by atoms with E-state index in [0.717, 1.165) is 0 Å². The minimum Gasteiger partial charge on any atom is -0.410 e. The lowest BCUT2D eigenvalue weighted by Gasteiger charge is -2.21. The van der Waals surface area contributed by atoms with E-state index in [0.29, 0.717) is 18.8 Å². The van der Waals surface area contributed by atoms with Gasteiger partial charge in [-0.15, -0.1) is 0 Å². The van der Waals surface area contributed by atoms with E-state index in [1.54, 1.807) is 31.2 Å². The molecule has 0 aliphatic rings. The monoisotopic (exact) mass is 232 g/mol. The van der Waals surface area contributed by atoms with Crippen LogP contribution in [-0.4, -0.2) is 24.1 Å². The third-order valence-electron chi connectivity index (χ3n) is 2.30. The number of carbonyl (C=O) groups is 1. The van der Waals surface area contributed by atoms with Crippen LogP contribution in [0.4, 0.5) is 4.79 Å². The molecule has 1 aromatic carbocycles. The predicted octanol–water partition coefficient (Wildman–Crippen LogP) is 2.67. The molecule has 4 heteroatoms. The van der Waals surface area contributed by atoms with Gasteiger partial charge in [0.15, 0.2) is 0 Å². The summed E-state index contributed by atoms with van der Waals surface area (Å²) >= 11 is 0. The first-order chi connectivity index (χ1) is 8.17. The number of benzene rings is 1. The van der Waals surface area contributed by atoms with Gasteiger partial charge in [0.25, 0.3) is 0 Å². The Labute approximate surface area is 101 Å². The van der Waals surface area contributed by atoms with Gasteiger partial charge in [-0.25, -0.2) is 4.79 Å². The Kier molecular flexibility index (Phi) is 5.02. The van der Waals surface area contributed by atoms with Crippen LogP contribution < -0.4 is 4.74 Å². The lowest BCUT2D eigenvalue weighted by Crippen LogP contribution is -2.36. The molecule has 0 spiro atoms. The molecule has 17 heavy (non-hydrogen) atoms. The molecule has 0 aliphatic carbocycles. The van der Waals surface area contributed by atoms with Crippen molar-refractivity contribution < 1.29 is 9.53 Å². The van der Waals surface area contributed by atoms with E-state index in [1.807, 2.05) is 13.0 Å². The van der Waals surface area contributed by atoms with Gasteiger partial charge < -0.3 is 9.64 Å². The number of rotatable bonds is 4. The van der Waals surface area contributed by atoms with E-state index >= 15 is 0 Å². The Morgan fingerprint density at radius 1 is 1.47 bits per heavy atom. The molecule has 0 N–H and O–H groups in total. The molecule has 0 saturated carbocycles. The van der Waals surface area contributed by atoms with Gasteiger partial charge in [0, 0.05) is 13.1 Å². The number of nitrogens with zero attached hydrogens (tertiary/aromatic N) is 2. The summed E-state index contributed by atoms with van der Waals surface area (Å²) in [6.45, 7) is 4.55. The number of hydrogen-bond acceptors (Lipinski definition) is 3. The molecule has 0 aromatic heterocycles. The van der Waals surface area contributed by atoms with E-state index in [9.17, 15) is 4.79 Å². The molecule has 0 fully saturated rings. The number of nitriles is 1. The van der Waals surface area contributed by atoms with Crippen LogP contribution in [0.2, 0.25) is 0 Å². The third kappa shape index (κ3) is 4.15. The van der Waals surface area contributed by atoms with Crippen LogP contribution in [0.5, 0.6) is 5.75 Å². The third-order valence-corrected chi connectivity index (χ3v) is 2.30. The fourth-order valence-electron chi connectivity index (χ4n) is 1.36. The fraction of sp³-hybridized carbons (Fsp3) is 0.385. The van der Waals surface area contributed by atoms with Crippen molar-refractivity contribution in [3.8, 4) is 11.8 Å². The van der Waals surface area contributed by atoms with Crippen molar-refractivity contribution in [2.75, 3.05) is 13.1 Å². The highest BCUT2D eigenvalue weighted by molar-refractivity contribution is 5.70. The molecule has 0 heterocycles. The summed E-state index contributed by atoms with van der Waals surface area (Å²) < 4.78 is 5.19. The molecule has 0 aliphatic heterocycles. The molecule has 1 unspecified atom stereocenters. The first-order valence-corrected chi connectivity index (χ1v) is 5.58. The second kappa shape index (κ2) is 6.54. The normalized spacial score (nSPS) is 11.4. The number of hydrogen-bond donors (Lipinski definition) is 0. The van der Waals surface area contributed by atoms with Gasteiger partial charge in [0.2, 0.25) is 0 Å². The molecule has 1 atom stereocenters. The SMILES string of the molecule is CCN(CC(C)C#N)C(=O)Oc1ccccc1. The number of amides is 1. The molecular formula is C13H16N2O2. The maximum atomic E-state index is 11.8. The lowest BCUT2D eigenvalue weighted by molar-refractivity contribution is 0.151. The Hall–Kier alpha value is -2.02. The summed E-state index contributed by atoms with van der Waals surface area (Å²) in [5.41, 5.74) is 0. The zero-order valence-electron chi connectivity index (χ0n) is 10.1. The summed E-state index contributed by atoms with van der Waals surface area (Å²) in [6, 6.07) is 11.0. The topological polar surface area (TPSA) is 53.3 Å². The van der Waals surface area contributed by atoms with Crippen LogP contribution in [0.15, 0.2) is 30.3 Å². The first kappa shape index (κ1) is 13.0. The molecule has 0 radical (unpaired) electrons. The molecule has 0 bridgehead atoms. The quantitative estimate of drug-likeness (QED) is 0.802. The van der Waals surface area contributed by atoms with Crippen LogP contribution >= 0.6 is 0 Å². The highest BCUT2D eigenvalue weighted by Gasteiger charge is 2.16. The summed E-state index contributed by atoms with van der Waals surface area (Å²) in [7, 11) is 0. The van der Waals surface area contributed by atoms with Crippen LogP contribution in [0.1, 0.15) is 13.8 Å². The molecular weight excluding hydrogens is 216 g/mol. The maximum Gasteiger partial charge on any atom is 0.415 e. The van der Waals surface area contributed by atoms with Crippen molar-refractivity contribution in [3.63, 3.8) is 0 Å². The average Bonchev–Trinajstić information content (AvgIpc) is 2.36. The van der Waals surface area contributed by atoms with Crippen LogP contribution in [0.25, 0.3) is 0 Å². The van der Waals surface area contributed by atoms with Crippen LogP contribution in [0, 0.1) is 17.2 Å². The van der Waals surface area contributed by atoms with E-state index in [-0.39, 0.29) is 5.92 Å². The summed E-state index contributed by atoms with van der Waals surface area (Å²) in [5, 5.41) is 8.72. The minimum absolute atomic E-state index is 0.196. The zero-order chi connectivity index (χ0) is 12.7. The number of carbonyl (C=O) groups excluding carboxylic acids is 1. The van der Waals surface area contributed by atoms with Crippen molar-refractivity contribution >= 4 is 6.09 Å². The lowest BCUT2D eigenvalue weighted by atomic mass is 10.2. The molecule has 1 aromatic rings. The Morgan fingerprint density at radius 2 is 2.12 bits per heavy atom. The Balaban J connectivity index is 2.59. The van der Waals surface area contributed by atoms with Gasteiger partial charge in [0.05, 0.1) is 12.0 Å². The van der Waals surface area contributed by atoms with Gasteiger partial charge in [-0.1, -0.05) is 18.2 Å². The molecule has 4 nitrogen and oxygen atoms in total. The van der Waals surface area contributed by atoms with Gasteiger partial charge in [-0.05, 0) is 26.0 Å². The van der Waals surface area contributed by atoms with Gasteiger partial charge in [-0.3, -0.25) is 0 Å². The summed E-state index contributed by atoms with van der Waals surface area (Å²) in [4.78, 5) is 13.3.